The van der Waals surface area contributed by atoms with Crippen LogP contribution >= 0.6 is 0 Å². The highest BCUT2D eigenvalue weighted by atomic mass is 16.5. The van der Waals surface area contributed by atoms with Crippen LogP contribution in [-0.2, 0) is 14.4 Å². The zero-order valence-electron chi connectivity index (χ0n) is 13.6. The van der Waals surface area contributed by atoms with Gasteiger partial charge in [0.05, 0.1) is 11.8 Å². The van der Waals surface area contributed by atoms with Gasteiger partial charge in [-0.05, 0) is 37.5 Å². The van der Waals surface area contributed by atoms with E-state index < -0.39 is 29.6 Å². The first-order valence-electron chi connectivity index (χ1n) is 7.98. The lowest BCUT2D eigenvalue weighted by atomic mass is 9.79. The Hall–Kier alpha value is -2.57. The second kappa shape index (κ2) is 8.33. The average molecular weight is 334 g/mol. The van der Waals surface area contributed by atoms with Crippen LogP contribution in [-0.4, -0.2) is 29.5 Å². The van der Waals surface area contributed by atoms with Crippen LogP contribution in [0.15, 0.2) is 24.3 Å². The minimum absolute atomic E-state index is 0.239. The Balaban J connectivity index is 1.78. The summed E-state index contributed by atoms with van der Waals surface area (Å²) in [6.07, 6.45) is 2.61. The van der Waals surface area contributed by atoms with E-state index >= 15 is 0 Å². The molecule has 0 bridgehead atoms. The van der Waals surface area contributed by atoms with Crippen LogP contribution in [0, 0.1) is 18.8 Å². The van der Waals surface area contributed by atoms with Gasteiger partial charge in [0.1, 0.15) is 5.75 Å². The van der Waals surface area contributed by atoms with Gasteiger partial charge in [0, 0.05) is 0 Å². The van der Waals surface area contributed by atoms with Crippen LogP contribution in [0.3, 0.4) is 0 Å². The minimum atomic E-state index is -0.969. The summed E-state index contributed by atoms with van der Waals surface area (Å²) in [5.41, 5.74) is 5.58. The van der Waals surface area contributed by atoms with Gasteiger partial charge in [0.25, 0.3) is 5.91 Å². The number of amides is 2. The van der Waals surface area contributed by atoms with Crippen LogP contribution in [0.5, 0.6) is 5.75 Å². The van der Waals surface area contributed by atoms with E-state index in [0.717, 1.165) is 18.4 Å². The number of hydrogen-bond donors (Lipinski definition) is 3. The van der Waals surface area contributed by atoms with Gasteiger partial charge in [-0.2, -0.15) is 0 Å². The quantitative estimate of drug-likeness (QED) is 0.706. The number of ether oxygens (including phenoxy) is 1. The molecule has 7 heteroatoms. The third-order valence-corrected chi connectivity index (χ3v) is 4.10. The number of aryl methyl sites for hydroxylation is 1. The van der Waals surface area contributed by atoms with Crippen molar-refractivity contribution in [3.05, 3.63) is 29.8 Å². The zero-order chi connectivity index (χ0) is 17.5. The predicted octanol–water partition coefficient (Wildman–Crippen LogP) is 1.41. The SMILES string of the molecule is Cc1cccc(OCC(=O)NNC(=O)[C@@H]2CCCC[C@H]2C(=O)O)c1. The molecule has 0 spiro atoms. The van der Waals surface area contributed by atoms with E-state index in [2.05, 4.69) is 10.9 Å². The van der Waals surface area contributed by atoms with Crippen molar-refractivity contribution in [3.8, 4) is 5.75 Å². The summed E-state index contributed by atoms with van der Waals surface area (Å²) in [7, 11) is 0. The van der Waals surface area contributed by atoms with Crippen LogP contribution < -0.4 is 15.6 Å². The number of hydrazine groups is 1. The zero-order valence-corrected chi connectivity index (χ0v) is 13.6. The minimum Gasteiger partial charge on any atom is -0.484 e. The van der Waals surface area contributed by atoms with Gasteiger partial charge in [-0.25, -0.2) is 0 Å². The van der Waals surface area contributed by atoms with Crippen molar-refractivity contribution in [2.24, 2.45) is 11.8 Å². The van der Waals surface area contributed by atoms with Gasteiger partial charge in [-0.3, -0.25) is 25.2 Å². The molecule has 1 fully saturated rings. The van der Waals surface area contributed by atoms with Crippen molar-refractivity contribution < 1.29 is 24.2 Å². The second-order valence-corrected chi connectivity index (χ2v) is 5.98. The Kier molecular flexibility index (Phi) is 6.17. The van der Waals surface area contributed by atoms with Crippen LogP contribution in [0.4, 0.5) is 0 Å². The molecule has 1 saturated carbocycles. The summed E-state index contributed by atoms with van der Waals surface area (Å²) in [5, 5.41) is 9.18. The van der Waals surface area contributed by atoms with E-state index in [1.165, 1.54) is 0 Å². The summed E-state index contributed by atoms with van der Waals surface area (Å²) >= 11 is 0. The highest BCUT2D eigenvalue weighted by molar-refractivity contribution is 5.87. The molecule has 130 valence electrons. The van der Waals surface area contributed by atoms with Crippen molar-refractivity contribution in [2.75, 3.05) is 6.61 Å². The molecule has 0 aliphatic heterocycles. The monoisotopic (exact) mass is 334 g/mol. The number of carbonyl (C=O) groups excluding carboxylic acids is 2. The van der Waals surface area contributed by atoms with E-state index in [-0.39, 0.29) is 6.61 Å². The van der Waals surface area contributed by atoms with Crippen LogP contribution in [0.1, 0.15) is 31.2 Å². The van der Waals surface area contributed by atoms with Crippen LogP contribution in [0.2, 0.25) is 0 Å². The Morgan fingerprint density at radius 1 is 1.17 bits per heavy atom. The fraction of sp³-hybridized carbons (Fsp3) is 0.471. The van der Waals surface area contributed by atoms with E-state index in [4.69, 9.17) is 4.74 Å². The Morgan fingerprint density at radius 3 is 2.54 bits per heavy atom. The summed E-state index contributed by atoms with van der Waals surface area (Å²) in [4.78, 5) is 35.0. The molecule has 2 amide bonds. The van der Waals surface area contributed by atoms with Gasteiger partial charge in [0.2, 0.25) is 5.91 Å². The van der Waals surface area contributed by atoms with Crippen molar-refractivity contribution >= 4 is 17.8 Å². The van der Waals surface area contributed by atoms with Gasteiger partial charge in [-0.15, -0.1) is 0 Å². The summed E-state index contributed by atoms with van der Waals surface area (Å²) in [6, 6.07) is 7.26. The number of carbonyl (C=O) groups is 3. The van der Waals surface area contributed by atoms with E-state index in [9.17, 15) is 19.5 Å². The molecule has 0 aromatic heterocycles. The molecule has 3 N–H and O–H groups in total. The number of nitrogens with one attached hydrogen (secondary N) is 2. The Labute approximate surface area is 140 Å². The molecule has 0 saturated heterocycles. The highest BCUT2D eigenvalue weighted by Crippen LogP contribution is 2.30. The topological polar surface area (TPSA) is 105 Å². The fourth-order valence-electron chi connectivity index (χ4n) is 2.85. The van der Waals surface area contributed by atoms with E-state index in [1.54, 1.807) is 12.1 Å². The molecule has 0 heterocycles. The van der Waals surface area contributed by atoms with Crippen molar-refractivity contribution in [2.45, 2.75) is 32.6 Å². The van der Waals surface area contributed by atoms with Crippen molar-refractivity contribution in [1.82, 2.24) is 10.9 Å². The molecule has 1 aliphatic carbocycles. The van der Waals surface area contributed by atoms with E-state index in [1.807, 2.05) is 19.1 Å². The molecule has 1 aliphatic rings. The smallest absolute Gasteiger partial charge is 0.307 e. The summed E-state index contributed by atoms with van der Waals surface area (Å²) < 4.78 is 5.33. The standard InChI is InChI=1S/C17H22N2O5/c1-11-5-4-6-12(9-11)24-10-15(20)18-19-16(21)13-7-2-3-8-14(13)17(22)23/h4-6,9,13-14H,2-3,7-8,10H2,1H3,(H,18,20)(H,19,21)(H,22,23)/t13-,14-/m1/s1. The van der Waals surface area contributed by atoms with E-state index in [0.29, 0.717) is 18.6 Å². The molecule has 0 radical (unpaired) electrons. The first kappa shape index (κ1) is 17.8. The maximum atomic E-state index is 12.1. The van der Waals surface area contributed by atoms with Gasteiger partial charge < -0.3 is 9.84 Å². The van der Waals surface area contributed by atoms with Gasteiger partial charge in [-0.1, -0.05) is 25.0 Å². The molecule has 1 aromatic carbocycles. The maximum Gasteiger partial charge on any atom is 0.307 e. The summed E-state index contributed by atoms with van der Waals surface area (Å²) in [6.45, 7) is 1.67. The lowest BCUT2D eigenvalue weighted by molar-refractivity contribution is -0.149. The lowest BCUT2D eigenvalue weighted by Crippen LogP contribution is -2.49. The lowest BCUT2D eigenvalue weighted by Gasteiger charge is -2.27. The molecule has 24 heavy (non-hydrogen) atoms. The first-order chi connectivity index (χ1) is 11.5. The molecule has 1 aromatic rings. The average Bonchev–Trinajstić information content (AvgIpc) is 2.58. The van der Waals surface area contributed by atoms with Gasteiger partial charge in [0.15, 0.2) is 6.61 Å². The number of benzene rings is 1. The molecule has 2 atom stereocenters. The Morgan fingerprint density at radius 2 is 1.88 bits per heavy atom. The highest BCUT2D eigenvalue weighted by Gasteiger charge is 2.35. The number of carboxylic acids is 1. The number of rotatable bonds is 5. The number of carboxylic acid groups (broad SMARTS) is 1. The maximum absolute atomic E-state index is 12.1. The number of aliphatic carboxylic acids is 1. The third kappa shape index (κ3) is 4.97. The Bertz CT molecular complexity index is 617. The first-order valence-corrected chi connectivity index (χ1v) is 7.98. The third-order valence-electron chi connectivity index (χ3n) is 4.10. The van der Waals surface area contributed by atoms with Crippen LogP contribution in [0.25, 0.3) is 0 Å². The molecular weight excluding hydrogens is 312 g/mol. The molecule has 0 unspecified atom stereocenters. The summed E-state index contributed by atoms with van der Waals surface area (Å²) in [5.74, 6) is -2.69. The number of hydrogen-bond acceptors (Lipinski definition) is 4. The fourth-order valence-corrected chi connectivity index (χ4v) is 2.85. The predicted molar refractivity (Wildman–Crippen MR) is 86.0 cm³/mol. The van der Waals surface area contributed by atoms with Gasteiger partial charge >= 0.3 is 5.97 Å². The van der Waals surface area contributed by atoms with Crippen molar-refractivity contribution in [3.63, 3.8) is 0 Å². The largest absolute Gasteiger partial charge is 0.484 e. The molecule has 7 nitrogen and oxygen atoms in total. The normalized spacial score (nSPS) is 20.0. The molecule has 2 rings (SSSR count). The second-order valence-electron chi connectivity index (χ2n) is 5.98. The molecular formula is C17H22N2O5. The van der Waals surface area contributed by atoms with Crippen molar-refractivity contribution in [1.29, 1.82) is 0 Å².